The molecule has 20 heavy (non-hydrogen) atoms. The second-order valence-electron chi connectivity index (χ2n) is 5.10. The van der Waals surface area contributed by atoms with Crippen molar-refractivity contribution in [3.05, 3.63) is 17.7 Å². The van der Waals surface area contributed by atoms with Gasteiger partial charge in [0.15, 0.2) is 0 Å². The third-order valence-corrected chi connectivity index (χ3v) is 3.76. The van der Waals surface area contributed by atoms with Crippen LogP contribution in [0.1, 0.15) is 42.5 Å². The Hall–Kier alpha value is -1.91. The number of amides is 1. The summed E-state index contributed by atoms with van der Waals surface area (Å²) in [6, 6.07) is 3.57. The highest BCUT2D eigenvalue weighted by Crippen LogP contribution is 2.31. The molecule has 110 valence electrons. The Bertz CT molecular complexity index is 482. The summed E-state index contributed by atoms with van der Waals surface area (Å²) in [5.74, 6) is 0.856. The van der Waals surface area contributed by atoms with Gasteiger partial charge in [-0.25, -0.2) is 0 Å². The van der Waals surface area contributed by atoms with E-state index in [-0.39, 0.29) is 11.9 Å². The zero-order valence-electron chi connectivity index (χ0n) is 12.1. The highest BCUT2D eigenvalue weighted by molar-refractivity contribution is 6.01. The van der Waals surface area contributed by atoms with Gasteiger partial charge in [-0.15, -0.1) is 0 Å². The van der Waals surface area contributed by atoms with Gasteiger partial charge in [0.25, 0.3) is 5.91 Å². The number of anilines is 1. The molecule has 0 spiro atoms. The Labute approximate surface area is 119 Å². The van der Waals surface area contributed by atoms with Crippen molar-refractivity contribution in [1.29, 1.82) is 0 Å². The average Bonchev–Trinajstić information content (AvgIpc) is 2.48. The zero-order valence-corrected chi connectivity index (χ0v) is 12.1. The van der Waals surface area contributed by atoms with Crippen molar-refractivity contribution in [3.8, 4) is 11.5 Å². The minimum absolute atomic E-state index is 0.161. The van der Waals surface area contributed by atoms with Crippen LogP contribution >= 0.6 is 0 Å². The van der Waals surface area contributed by atoms with E-state index in [4.69, 9.17) is 15.2 Å². The average molecular weight is 278 g/mol. The molecule has 1 aliphatic rings. The summed E-state index contributed by atoms with van der Waals surface area (Å²) in [4.78, 5) is 12.4. The number of ether oxygens (including phenoxy) is 2. The molecule has 0 aromatic heterocycles. The molecule has 5 nitrogen and oxygen atoms in total. The number of benzene rings is 1. The molecular formula is C15H22N2O3. The summed E-state index contributed by atoms with van der Waals surface area (Å²) < 4.78 is 10.4. The van der Waals surface area contributed by atoms with Gasteiger partial charge in [0.1, 0.15) is 11.5 Å². The highest BCUT2D eigenvalue weighted by atomic mass is 16.5. The highest BCUT2D eigenvalue weighted by Gasteiger charge is 2.20. The minimum Gasteiger partial charge on any atom is -0.497 e. The van der Waals surface area contributed by atoms with Gasteiger partial charge in [0.2, 0.25) is 0 Å². The maximum Gasteiger partial charge on any atom is 0.253 e. The Morgan fingerprint density at radius 2 is 1.90 bits per heavy atom. The van der Waals surface area contributed by atoms with Crippen LogP contribution in [0, 0.1) is 0 Å². The molecule has 1 fully saturated rings. The van der Waals surface area contributed by atoms with Crippen LogP contribution in [0.3, 0.4) is 0 Å². The lowest BCUT2D eigenvalue weighted by Gasteiger charge is -2.23. The predicted molar refractivity (Wildman–Crippen MR) is 78.3 cm³/mol. The predicted octanol–water partition coefficient (Wildman–Crippen LogP) is 2.35. The maximum absolute atomic E-state index is 12.4. The number of methoxy groups -OCH3 is 2. The van der Waals surface area contributed by atoms with Gasteiger partial charge in [-0.2, -0.15) is 0 Å². The van der Waals surface area contributed by atoms with Gasteiger partial charge < -0.3 is 20.5 Å². The van der Waals surface area contributed by atoms with Crippen LogP contribution in [-0.4, -0.2) is 26.2 Å². The second-order valence-corrected chi connectivity index (χ2v) is 5.10. The number of hydrogen-bond acceptors (Lipinski definition) is 4. The number of carbonyl (C=O) groups is 1. The van der Waals surface area contributed by atoms with Crippen molar-refractivity contribution >= 4 is 11.6 Å². The molecule has 0 unspecified atom stereocenters. The molecule has 0 heterocycles. The number of nitrogens with two attached hydrogens (primary N) is 1. The lowest BCUT2D eigenvalue weighted by molar-refractivity contribution is 0.0928. The Kier molecular flexibility index (Phi) is 4.71. The summed E-state index contributed by atoms with van der Waals surface area (Å²) in [7, 11) is 3.07. The van der Waals surface area contributed by atoms with E-state index < -0.39 is 0 Å². The minimum atomic E-state index is -0.161. The zero-order chi connectivity index (χ0) is 14.5. The van der Waals surface area contributed by atoms with Crippen LogP contribution < -0.4 is 20.5 Å². The molecule has 0 radical (unpaired) electrons. The summed E-state index contributed by atoms with van der Waals surface area (Å²) in [5, 5.41) is 3.05. The topological polar surface area (TPSA) is 73.6 Å². The number of rotatable bonds is 4. The lowest BCUT2D eigenvalue weighted by Crippen LogP contribution is -2.36. The lowest BCUT2D eigenvalue weighted by atomic mass is 9.95. The Morgan fingerprint density at radius 1 is 1.20 bits per heavy atom. The first-order valence-corrected chi connectivity index (χ1v) is 6.98. The van der Waals surface area contributed by atoms with E-state index in [1.165, 1.54) is 26.4 Å². The first kappa shape index (κ1) is 14.5. The fraction of sp³-hybridized carbons (Fsp3) is 0.533. The molecule has 2 rings (SSSR count). The summed E-state index contributed by atoms with van der Waals surface area (Å²) in [6.45, 7) is 0. The summed E-state index contributed by atoms with van der Waals surface area (Å²) in [5.41, 5.74) is 6.74. The number of nitrogens with one attached hydrogen (secondary N) is 1. The molecule has 1 saturated carbocycles. The standard InChI is InChI=1S/C15H22N2O3/c1-19-11-8-12(14(16)13(9-11)20-2)15(18)17-10-6-4-3-5-7-10/h8-10H,3-7,16H2,1-2H3,(H,17,18). The second kappa shape index (κ2) is 6.50. The quantitative estimate of drug-likeness (QED) is 0.829. The summed E-state index contributed by atoms with van der Waals surface area (Å²) >= 11 is 0. The molecule has 0 atom stereocenters. The van der Waals surface area contributed by atoms with Crippen LogP contribution in [0.15, 0.2) is 12.1 Å². The van der Waals surface area contributed by atoms with Crippen molar-refractivity contribution in [1.82, 2.24) is 5.32 Å². The first-order chi connectivity index (χ1) is 9.65. The van der Waals surface area contributed by atoms with Crippen molar-refractivity contribution in [3.63, 3.8) is 0 Å². The van der Waals surface area contributed by atoms with Crippen LogP contribution in [-0.2, 0) is 0 Å². The maximum atomic E-state index is 12.4. The molecule has 1 amide bonds. The summed E-state index contributed by atoms with van der Waals surface area (Å²) in [6.07, 6.45) is 5.66. The van der Waals surface area contributed by atoms with Gasteiger partial charge in [-0.1, -0.05) is 19.3 Å². The van der Waals surface area contributed by atoms with E-state index >= 15 is 0 Å². The third-order valence-electron chi connectivity index (χ3n) is 3.76. The van der Waals surface area contributed by atoms with Gasteiger partial charge in [-0.3, -0.25) is 4.79 Å². The van der Waals surface area contributed by atoms with Gasteiger partial charge in [-0.05, 0) is 18.9 Å². The molecule has 1 aromatic rings. The smallest absolute Gasteiger partial charge is 0.253 e. The fourth-order valence-electron chi connectivity index (χ4n) is 2.59. The molecular weight excluding hydrogens is 256 g/mol. The number of nitrogen functional groups attached to an aromatic ring is 1. The first-order valence-electron chi connectivity index (χ1n) is 6.98. The van der Waals surface area contributed by atoms with Crippen LogP contribution in [0.2, 0.25) is 0 Å². The van der Waals surface area contributed by atoms with E-state index in [1.54, 1.807) is 19.2 Å². The number of carbonyl (C=O) groups excluding carboxylic acids is 1. The van der Waals surface area contributed by atoms with Gasteiger partial charge in [0.05, 0.1) is 25.5 Å². The fourth-order valence-corrected chi connectivity index (χ4v) is 2.59. The molecule has 1 aromatic carbocycles. The largest absolute Gasteiger partial charge is 0.497 e. The van der Waals surface area contributed by atoms with Crippen LogP contribution in [0.4, 0.5) is 5.69 Å². The van der Waals surface area contributed by atoms with Crippen molar-refractivity contribution < 1.29 is 14.3 Å². The number of hydrogen-bond donors (Lipinski definition) is 2. The SMILES string of the molecule is COc1cc(OC)c(N)c(C(=O)NC2CCCCC2)c1. The Balaban J connectivity index is 2.19. The van der Waals surface area contributed by atoms with Crippen molar-refractivity contribution in [2.75, 3.05) is 20.0 Å². The molecule has 5 heteroatoms. The van der Waals surface area contributed by atoms with Gasteiger partial charge >= 0.3 is 0 Å². The third kappa shape index (κ3) is 3.15. The molecule has 0 bridgehead atoms. The molecule has 0 saturated heterocycles. The van der Waals surface area contributed by atoms with E-state index in [0.29, 0.717) is 22.7 Å². The normalized spacial score (nSPS) is 15.7. The monoisotopic (exact) mass is 278 g/mol. The van der Waals surface area contributed by atoms with Crippen LogP contribution in [0.5, 0.6) is 11.5 Å². The van der Waals surface area contributed by atoms with Crippen molar-refractivity contribution in [2.45, 2.75) is 38.1 Å². The molecule has 1 aliphatic carbocycles. The van der Waals surface area contributed by atoms with Gasteiger partial charge in [0, 0.05) is 12.1 Å². The van der Waals surface area contributed by atoms with E-state index in [9.17, 15) is 4.79 Å². The van der Waals surface area contributed by atoms with E-state index in [0.717, 1.165) is 12.8 Å². The van der Waals surface area contributed by atoms with Crippen LogP contribution in [0.25, 0.3) is 0 Å². The van der Waals surface area contributed by atoms with E-state index in [1.807, 2.05) is 0 Å². The van der Waals surface area contributed by atoms with E-state index in [2.05, 4.69) is 5.32 Å². The molecule has 3 N–H and O–H groups in total. The molecule has 0 aliphatic heterocycles. The Morgan fingerprint density at radius 3 is 2.50 bits per heavy atom. The van der Waals surface area contributed by atoms with Crippen molar-refractivity contribution in [2.24, 2.45) is 0 Å².